The van der Waals surface area contributed by atoms with E-state index < -0.39 is 16.1 Å². The summed E-state index contributed by atoms with van der Waals surface area (Å²) in [6, 6.07) is 6.65. The second-order valence-corrected chi connectivity index (χ2v) is 3.76. The number of benzene rings is 1. The molecule has 0 saturated heterocycles. The number of hydrogen-bond acceptors (Lipinski definition) is 4. The van der Waals surface area contributed by atoms with Crippen molar-refractivity contribution in [2.24, 2.45) is 5.73 Å². The van der Waals surface area contributed by atoms with Gasteiger partial charge in [0.15, 0.2) is 0 Å². The highest BCUT2D eigenvalue weighted by molar-refractivity contribution is 7.87. The minimum Gasteiger partial charge on any atom is -0.353 e. The van der Waals surface area contributed by atoms with E-state index in [2.05, 4.69) is 4.18 Å². The molecule has 0 bridgehead atoms. The highest BCUT2D eigenvalue weighted by atomic mass is 32.2. The summed E-state index contributed by atoms with van der Waals surface area (Å²) in [6.45, 7) is 0. The third-order valence-corrected chi connectivity index (χ3v) is 2.48. The molecular formula is C7H8N2O3S. The van der Waals surface area contributed by atoms with Crippen LogP contribution in [0.25, 0.3) is 0 Å². The summed E-state index contributed by atoms with van der Waals surface area (Å²) in [4.78, 5) is -0.0230. The highest BCUT2D eigenvalue weighted by Gasteiger charge is 2.15. The fourth-order valence-electron chi connectivity index (χ4n) is 0.753. The van der Waals surface area contributed by atoms with E-state index in [1.165, 1.54) is 12.1 Å². The van der Waals surface area contributed by atoms with Crippen molar-refractivity contribution in [3.05, 3.63) is 30.3 Å². The monoisotopic (exact) mass is 200 g/mol. The van der Waals surface area contributed by atoms with Crippen LogP contribution in [0.15, 0.2) is 35.2 Å². The zero-order valence-electron chi connectivity index (χ0n) is 6.60. The maximum atomic E-state index is 11.2. The molecular weight excluding hydrogens is 192 g/mol. The second kappa shape index (κ2) is 3.44. The molecule has 0 spiro atoms. The molecule has 70 valence electrons. The molecule has 0 unspecified atom stereocenters. The average Bonchev–Trinajstić information content (AvgIpc) is 2.04. The predicted octanol–water partition coefficient (Wildman–Crippen LogP) is 0.285. The van der Waals surface area contributed by atoms with Crippen LogP contribution in [0.1, 0.15) is 0 Å². The molecule has 6 heteroatoms. The molecule has 0 amide bonds. The molecule has 0 aliphatic carbocycles. The predicted molar refractivity (Wildman–Crippen MR) is 46.6 cm³/mol. The van der Waals surface area contributed by atoms with Gasteiger partial charge in [-0.25, -0.2) is 0 Å². The number of amidine groups is 1. The van der Waals surface area contributed by atoms with Crippen LogP contribution in [-0.4, -0.2) is 14.4 Å². The minimum absolute atomic E-state index is 0.0230. The van der Waals surface area contributed by atoms with Gasteiger partial charge in [-0.3, -0.25) is 5.41 Å². The fraction of sp³-hybridized carbons (Fsp3) is 0. The highest BCUT2D eigenvalue weighted by Crippen LogP contribution is 2.10. The normalized spacial score (nSPS) is 10.8. The summed E-state index contributed by atoms with van der Waals surface area (Å²) >= 11 is 0. The maximum absolute atomic E-state index is 11.2. The quantitative estimate of drug-likeness (QED) is 0.407. The van der Waals surface area contributed by atoms with Gasteiger partial charge in [-0.2, -0.15) is 8.42 Å². The molecule has 1 rings (SSSR count). The Bertz CT molecular complexity index is 399. The van der Waals surface area contributed by atoms with E-state index >= 15 is 0 Å². The first-order valence-electron chi connectivity index (χ1n) is 3.36. The Balaban J connectivity index is 3.02. The largest absolute Gasteiger partial charge is 0.353 e. The third kappa shape index (κ3) is 2.45. The Morgan fingerprint density at radius 2 is 1.85 bits per heavy atom. The summed E-state index contributed by atoms with van der Waals surface area (Å²) in [5.74, 6) is 0. The summed E-state index contributed by atoms with van der Waals surface area (Å²) in [5.41, 5.74) is 4.80. The van der Waals surface area contributed by atoms with Gasteiger partial charge in [-0.1, -0.05) is 18.2 Å². The standard InChI is InChI=1S/C7H8N2O3S/c8-7(9)12-13(10,11)6-4-2-1-3-5-6/h1-5H,(H3,8,9). The molecule has 0 aliphatic heterocycles. The molecule has 0 aliphatic rings. The Kier molecular flexibility index (Phi) is 2.52. The van der Waals surface area contributed by atoms with Crippen molar-refractivity contribution in [1.82, 2.24) is 0 Å². The first-order valence-corrected chi connectivity index (χ1v) is 4.77. The first-order chi connectivity index (χ1) is 6.02. The van der Waals surface area contributed by atoms with Gasteiger partial charge < -0.3 is 9.92 Å². The Morgan fingerprint density at radius 3 is 2.31 bits per heavy atom. The smallest absolute Gasteiger partial charge is 0.341 e. The van der Waals surface area contributed by atoms with Crippen LogP contribution in [0.2, 0.25) is 0 Å². The van der Waals surface area contributed by atoms with Crippen molar-refractivity contribution in [3.8, 4) is 0 Å². The molecule has 3 N–H and O–H groups in total. The minimum atomic E-state index is -3.91. The summed E-state index contributed by atoms with van der Waals surface area (Å²) in [6.07, 6.45) is 0. The molecule has 0 saturated carbocycles. The van der Waals surface area contributed by atoms with Crippen molar-refractivity contribution in [2.75, 3.05) is 0 Å². The van der Waals surface area contributed by atoms with Crippen LogP contribution in [0.3, 0.4) is 0 Å². The number of nitrogens with one attached hydrogen (secondary N) is 1. The lowest BCUT2D eigenvalue weighted by Crippen LogP contribution is -2.19. The van der Waals surface area contributed by atoms with E-state index in [1.54, 1.807) is 18.2 Å². The third-order valence-electron chi connectivity index (χ3n) is 1.23. The topological polar surface area (TPSA) is 93.2 Å². The zero-order valence-corrected chi connectivity index (χ0v) is 7.41. The van der Waals surface area contributed by atoms with Gasteiger partial charge in [0.1, 0.15) is 4.90 Å². The van der Waals surface area contributed by atoms with Crippen molar-refractivity contribution in [2.45, 2.75) is 4.90 Å². The average molecular weight is 200 g/mol. The fourth-order valence-corrected chi connectivity index (χ4v) is 1.58. The number of rotatable bonds is 2. The van der Waals surface area contributed by atoms with Crippen LogP contribution in [0.5, 0.6) is 0 Å². The van der Waals surface area contributed by atoms with Gasteiger partial charge in [0.2, 0.25) is 0 Å². The van der Waals surface area contributed by atoms with E-state index in [1.807, 2.05) is 0 Å². The van der Waals surface area contributed by atoms with Crippen molar-refractivity contribution >= 4 is 16.1 Å². The van der Waals surface area contributed by atoms with Crippen molar-refractivity contribution in [3.63, 3.8) is 0 Å². The molecule has 0 aromatic heterocycles. The van der Waals surface area contributed by atoms with Crippen LogP contribution in [0, 0.1) is 5.41 Å². The molecule has 0 atom stereocenters. The van der Waals surface area contributed by atoms with Gasteiger partial charge >= 0.3 is 10.1 Å². The van der Waals surface area contributed by atoms with Crippen molar-refractivity contribution in [1.29, 1.82) is 5.41 Å². The molecule has 1 aromatic carbocycles. The van der Waals surface area contributed by atoms with E-state index in [9.17, 15) is 8.42 Å². The summed E-state index contributed by atoms with van der Waals surface area (Å²) in [5, 5.41) is 6.68. The molecule has 5 nitrogen and oxygen atoms in total. The SMILES string of the molecule is N=C(N)OS(=O)(=O)c1ccccc1. The zero-order chi connectivity index (χ0) is 9.90. The molecule has 0 radical (unpaired) electrons. The van der Waals surface area contributed by atoms with E-state index in [0.29, 0.717) is 0 Å². The lowest BCUT2D eigenvalue weighted by atomic mass is 10.4. The van der Waals surface area contributed by atoms with E-state index in [-0.39, 0.29) is 4.90 Å². The van der Waals surface area contributed by atoms with Gasteiger partial charge in [0.25, 0.3) is 6.02 Å². The van der Waals surface area contributed by atoms with E-state index in [0.717, 1.165) is 0 Å². The summed E-state index contributed by atoms with van der Waals surface area (Å²) < 4.78 is 26.6. The Labute approximate surface area is 75.8 Å². The van der Waals surface area contributed by atoms with Gasteiger partial charge in [-0.15, -0.1) is 0 Å². The van der Waals surface area contributed by atoms with Gasteiger partial charge in [-0.05, 0) is 12.1 Å². The second-order valence-electron chi connectivity index (χ2n) is 2.21. The summed E-state index contributed by atoms with van der Waals surface area (Å²) in [7, 11) is -3.91. The number of nitrogens with two attached hydrogens (primary N) is 1. The molecule has 0 fully saturated rings. The van der Waals surface area contributed by atoms with Gasteiger partial charge in [0.05, 0.1) is 0 Å². The van der Waals surface area contributed by atoms with Crippen LogP contribution in [-0.2, 0) is 14.3 Å². The molecule has 13 heavy (non-hydrogen) atoms. The Hall–Kier alpha value is -1.56. The lowest BCUT2D eigenvalue weighted by Gasteiger charge is -2.02. The molecule has 1 aromatic rings. The van der Waals surface area contributed by atoms with E-state index in [4.69, 9.17) is 11.1 Å². The number of hydrogen-bond donors (Lipinski definition) is 2. The maximum Gasteiger partial charge on any atom is 0.341 e. The molecule has 0 heterocycles. The van der Waals surface area contributed by atoms with Crippen LogP contribution in [0.4, 0.5) is 0 Å². The van der Waals surface area contributed by atoms with Crippen LogP contribution < -0.4 is 5.73 Å². The first kappa shape index (κ1) is 9.53. The van der Waals surface area contributed by atoms with Crippen LogP contribution >= 0.6 is 0 Å². The lowest BCUT2D eigenvalue weighted by molar-refractivity contribution is 0.476. The Morgan fingerprint density at radius 1 is 1.31 bits per heavy atom. The van der Waals surface area contributed by atoms with Crippen molar-refractivity contribution < 1.29 is 12.6 Å². The van der Waals surface area contributed by atoms with Gasteiger partial charge in [0, 0.05) is 0 Å².